The summed E-state index contributed by atoms with van der Waals surface area (Å²) in [5, 5.41) is 0. The number of alkyl halides is 2. The Kier molecular flexibility index (Phi) is 3.65. The zero-order chi connectivity index (χ0) is 10.7. The van der Waals surface area contributed by atoms with E-state index in [1.54, 1.807) is 13.2 Å². The zero-order valence-electron chi connectivity index (χ0n) is 8.85. The molecule has 0 atom stereocenters. The van der Waals surface area contributed by atoms with Crippen molar-refractivity contribution < 1.29 is 13.5 Å². The summed E-state index contributed by atoms with van der Waals surface area (Å²) in [7, 11) is 1.69. The molecule has 1 aliphatic rings. The third kappa shape index (κ3) is 4.18. The maximum Gasteiger partial charge on any atom is 0.263 e. The van der Waals surface area contributed by atoms with Gasteiger partial charge in [-0.2, -0.15) is 0 Å². The first-order chi connectivity index (χ1) is 6.47. The Balaban J connectivity index is 2.18. The molecule has 0 bridgehead atoms. The predicted molar refractivity (Wildman–Crippen MR) is 52.5 cm³/mol. The Labute approximate surface area is 84.1 Å². The molecule has 1 aliphatic carbocycles. The Hall–Kier alpha value is -0.440. The maximum absolute atomic E-state index is 12.4. The number of hydrogen-bond acceptors (Lipinski definition) is 1. The highest BCUT2D eigenvalue weighted by Gasteiger charge is 2.41. The summed E-state index contributed by atoms with van der Waals surface area (Å²) in [6, 6.07) is 0. The number of rotatable bonds is 6. The van der Waals surface area contributed by atoms with E-state index in [1.165, 1.54) is 12.8 Å². The van der Waals surface area contributed by atoms with Crippen LogP contribution in [0.5, 0.6) is 0 Å². The van der Waals surface area contributed by atoms with Crippen molar-refractivity contribution >= 4 is 0 Å². The summed E-state index contributed by atoms with van der Waals surface area (Å²) >= 11 is 0. The number of allylic oxidation sites excluding steroid dienone is 2. The normalized spacial score (nSPS) is 20.3. The van der Waals surface area contributed by atoms with Gasteiger partial charge in [0, 0.05) is 14.0 Å². The summed E-state index contributed by atoms with van der Waals surface area (Å²) in [5.74, 6) is -2.67. The standard InChI is InChI=1S/C11H18F2O/c1-10(12,13)5-3-4-6-11(7-8-11)9-14-2/h3,5H,4,6-9H2,1-2H3/b5-3+. The fraction of sp³-hybridized carbons (Fsp3) is 0.818. The molecule has 0 heterocycles. The van der Waals surface area contributed by atoms with Crippen LogP contribution in [0.3, 0.4) is 0 Å². The predicted octanol–water partition coefficient (Wildman–Crippen LogP) is 3.40. The van der Waals surface area contributed by atoms with Crippen molar-refractivity contribution in [3.8, 4) is 0 Å². The van der Waals surface area contributed by atoms with E-state index in [1.807, 2.05) is 0 Å². The number of ether oxygens (including phenoxy) is 1. The lowest BCUT2D eigenvalue weighted by molar-refractivity contribution is 0.0770. The van der Waals surface area contributed by atoms with E-state index in [0.717, 1.165) is 32.4 Å². The summed E-state index contributed by atoms with van der Waals surface area (Å²) in [4.78, 5) is 0. The van der Waals surface area contributed by atoms with Gasteiger partial charge in [-0.3, -0.25) is 0 Å². The van der Waals surface area contributed by atoms with Gasteiger partial charge in [-0.05, 0) is 37.2 Å². The molecule has 3 heteroatoms. The average Bonchev–Trinajstić information content (AvgIpc) is 2.79. The highest BCUT2D eigenvalue weighted by atomic mass is 19.3. The average molecular weight is 204 g/mol. The van der Waals surface area contributed by atoms with Gasteiger partial charge in [0.2, 0.25) is 0 Å². The molecule has 0 aromatic heterocycles. The second-order valence-electron chi connectivity index (χ2n) is 4.33. The lowest BCUT2D eigenvalue weighted by atomic mass is 10.0. The SMILES string of the molecule is COCC1(CC/C=C/C(C)(F)F)CC1. The van der Waals surface area contributed by atoms with Gasteiger partial charge in [0.1, 0.15) is 0 Å². The van der Waals surface area contributed by atoms with E-state index in [4.69, 9.17) is 4.74 Å². The van der Waals surface area contributed by atoms with E-state index in [0.29, 0.717) is 5.41 Å². The minimum Gasteiger partial charge on any atom is -0.384 e. The van der Waals surface area contributed by atoms with Gasteiger partial charge in [0.25, 0.3) is 5.92 Å². The van der Waals surface area contributed by atoms with E-state index < -0.39 is 5.92 Å². The van der Waals surface area contributed by atoms with Crippen LogP contribution in [0, 0.1) is 5.41 Å². The Morgan fingerprint density at radius 2 is 2.07 bits per heavy atom. The molecule has 1 nitrogen and oxygen atoms in total. The molecule has 14 heavy (non-hydrogen) atoms. The second-order valence-corrected chi connectivity index (χ2v) is 4.33. The van der Waals surface area contributed by atoms with Crippen LogP contribution >= 0.6 is 0 Å². The number of hydrogen-bond donors (Lipinski definition) is 0. The molecular weight excluding hydrogens is 186 g/mol. The van der Waals surface area contributed by atoms with E-state index in [-0.39, 0.29) is 0 Å². The topological polar surface area (TPSA) is 9.23 Å². The van der Waals surface area contributed by atoms with Crippen LogP contribution in [0.1, 0.15) is 32.6 Å². The molecule has 0 unspecified atom stereocenters. The Morgan fingerprint density at radius 3 is 2.50 bits per heavy atom. The van der Waals surface area contributed by atoms with Crippen LogP contribution in [-0.2, 0) is 4.74 Å². The van der Waals surface area contributed by atoms with Gasteiger partial charge in [-0.1, -0.05) is 6.08 Å². The molecule has 0 radical (unpaired) electrons. The van der Waals surface area contributed by atoms with E-state index >= 15 is 0 Å². The van der Waals surface area contributed by atoms with Crippen molar-refractivity contribution in [1.82, 2.24) is 0 Å². The van der Waals surface area contributed by atoms with Crippen LogP contribution in [-0.4, -0.2) is 19.6 Å². The zero-order valence-corrected chi connectivity index (χ0v) is 8.85. The first kappa shape index (κ1) is 11.6. The summed E-state index contributed by atoms with van der Waals surface area (Å²) in [5.41, 5.74) is 0.308. The van der Waals surface area contributed by atoms with Crippen LogP contribution in [0.25, 0.3) is 0 Å². The van der Waals surface area contributed by atoms with Gasteiger partial charge in [0.15, 0.2) is 0 Å². The van der Waals surface area contributed by atoms with Crippen molar-refractivity contribution in [2.75, 3.05) is 13.7 Å². The molecule has 0 amide bonds. The summed E-state index contributed by atoms with van der Waals surface area (Å²) in [6.45, 7) is 1.68. The first-order valence-corrected chi connectivity index (χ1v) is 5.02. The first-order valence-electron chi connectivity index (χ1n) is 5.02. The van der Waals surface area contributed by atoms with Gasteiger partial charge < -0.3 is 4.74 Å². The van der Waals surface area contributed by atoms with E-state index in [2.05, 4.69) is 0 Å². The van der Waals surface area contributed by atoms with Crippen molar-refractivity contribution in [1.29, 1.82) is 0 Å². The van der Waals surface area contributed by atoms with E-state index in [9.17, 15) is 8.78 Å². The van der Waals surface area contributed by atoms with Gasteiger partial charge in [-0.15, -0.1) is 0 Å². The number of methoxy groups -OCH3 is 1. The molecule has 0 spiro atoms. The third-order valence-electron chi connectivity index (χ3n) is 2.66. The van der Waals surface area contributed by atoms with Crippen LogP contribution < -0.4 is 0 Å². The van der Waals surface area contributed by atoms with Gasteiger partial charge >= 0.3 is 0 Å². The molecule has 0 aromatic carbocycles. The molecule has 0 aromatic rings. The summed E-state index contributed by atoms with van der Waals surface area (Å²) in [6.07, 6.45) is 6.61. The second kappa shape index (κ2) is 4.39. The monoisotopic (exact) mass is 204 g/mol. The third-order valence-corrected chi connectivity index (χ3v) is 2.66. The number of halogens is 2. The molecular formula is C11H18F2O. The molecule has 0 saturated heterocycles. The molecule has 1 saturated carbocycles. The van der Waals surface area contributed by atoms with Crippen molar-refractivity contribution in [3.05, 3.63) is 12.2 Å². The van der Waals surface area contributed by atoms with Crippen molar-refractivity contribution in [3.63, 3.8) is 0 Å². The minimum atomic E-state index is -2.67. The summed E-state index contributed by atoms with van der Waals surface area (Å²) < 4.78 is 29.9. The lowest BCUT2D eigenvalue weighted by Crippen LogP contribution is -2.08. The molecule has 82 valence electrons. The minimum absolute atomic E-state index is 0.308. The van der Waals surface area contributed by atoms with Crippen LogP contribution in [0.15, 0.2) is 12.2 Å². The van der Waals surface area contributed by atoms with Crippen molar-refractivity contribution in [2.24, 2.45) is 5.41 Å². The highest BCUT2D eigenvalue weighted by molar-refractivity contribution is 4.97. The maximum atomic E-state index is 12.4. The Bertz CT molecular complexity index is 202. The largest absolute Gasteiger partial charge is 0.384 e. The Morgan fingerprint density at radius 1 is 1.43 bits per heavy atom. The fourth-order valence-corrected chi connectivity index (χ4v) is 1.63. The molecule has 1 fully saturated rings. The molecule has 1 rings (SSSR count). The van der Waals surface area contributed by atoms with Crippen LogP contribution in [0.4, 0.5) is 8.78 Å². The quantitative estimate of drug-likeness (QED) is 0.602. The highest BCUT2D eigenvalue weighted by Crippen LogP contribution is 2.49. The lowest BCUT2D eigenvalue weighted by Gasteiger charge is -2.11. The van der Waals surface area contributed by atoms with Gasteiger partial charge in [0.05, 0.1) is 6.61 Å². The smallest absolute Gasteiger partial charge is 0.263 e. The molecule has 0 aliphatic heterocycles. The van der Waals surface area contributed by atoms with Crippen LogP contribution in [0.2, 0.25) is 0 Å². The molecule has 0 N–H and O–H groups in total. The van der Waals surface area contributed by atoms with Crippen molar-refractivity contribution in [2.45, 2.75) is 38.5 Å². The fourth-order valence-electron chi connectivity index (χ4n) is 1.63. The van der Waals surface area contributed by atoms with Gasteiger partial charge in [-0.25, -0.2) is 8.78 Å².